The number of anilines is 1. The van der Waals surface area contributed by atoms with Crippen LogP contribution in [0.25, 0.3) is 0 Å². The van der Waals surface area contributed by atoms with Crippen LogP contribution in [-0.4, -0.2) is 15.5 Å². The van der Waals surface area contributed by atoms with Crippen molar-refractivity contribution in [3.8, 4) is 0 Å². The number of hydrogen-bond donors (Lipinski definition) is 0. The highest BCUT2D eigenvalue weighted by molar-refractivity contribution is 9.10. The van der Waals surface area contributed by atoms with Crippen LogP contribution in [0.1, 0.15) is 0 Å². The maximum absolute atomic E-state index is 13.9. The average Bonchev–Trinajstić information content (AvgIpc) is 2.42. The lowest BCUT2D eigenvalue weighted by molar-refractivity contribution is 0.589. The molecule has 0 atom stereocenters. The molecular weight excluding hydrogens is 333 g/mol. The van der Waals surface area contributed by atoms with E-state index in [2.05, 4.69) is 15.9 Å². The number of hydrogen-bond acceptors (Lipinski definition) is 2. The van der Waals surface area contributed by atoms with E-state index in [1.165, 1.54) is 31.3 Å². The van der Waals surface area contributed by atoms with Gasteiger partial charge in [0.2, 0.25) is 0 Å². The van der Waals surface area contributed by atoms with Crippen LogP contribution in [0.15, 0.2) is 57.9 Å². The highest BCUT2D eigenvalue weighted by atomic mass is 79.9. The van der Waals surface area contributed by atoms with Crippen LogP contribution in [0.2, 0.25) is 0 Å². The molecule has 2 aromatic rings. The maximum Gasteiger partial charge on any atom is 0.264 e. The fraction of sp³-hybridized carbons (Fsp3) is 0.0769. The summed E-state index contributed by atoms with van der Waals surface area (Å²) in [5.74, 6) is -0.607. The van der Waals surface area contributed by atoms with Crippen molar-refractivity contribution in [2.45, 2.75) is 4.90 Å². The molecule has 0 radical (unpaired) electrons. The number of rotatable bonds is 3. The second kappa shape index (κ2) is 5.30. The summed E-state index contributed by atoms with van der Waals surface area (Å²) >= 11 is 3.04. The predicted octanol–water partition coefficient (Wildman–Crippen LogP) is 3.41. The minimum atomic E-state index is -3.76. The molecule has 0 aliphatic rings. The molecule has 0 spiro atoms. The minimum absolute atomic E-state index is 0.00164. The Bertz CT molecular complexity index is 689. The molecule has 0 fully saturated rings. The highest BCUT2D eigenvalue weighted by Crippen LogP contribution is 2.28. The van der Waals surface area contributed by atoms with Crippen LogP contribution in [0, 0.1) is 5.82 Å². The molecule has 3 nitrogen and oxygen atoms in total. The van der Waals surface area contributed by atoms with E-state index in [1.54, 1.807) is 24.3 Å². The third-order valence-electron chi connectivity index (χ3n) is 2.67. The molecular formula is C13H11BrFNO2S. The molecule has 0 bridgehead atoms. The van der Waals surface area contributed by atoms with Crippen molar-refractivity contribution in [3.63, 3.8) is 0 Å². The average molecular weight is 344 g/mol. The Morgan fingerprint density at radius 3 is 2.32 bits per heavy atom. The summed E-state index contributed by atoms with van der Waals surface area (Å²) in [5.41, 5.74) is -0.00164. The summed E-state index contributed by atoms with van der Waals surface area (Å²) < 4.78 is 39.8. The Kier molecular flexibility index (Phi) is 3.91. The molecule has 0 aliphatic carbocycles. The molecule has 0 saturated heterocycles. The third-order valence-corrected chi connectivity index (χ3v) is 5.07. The lowest BCUT2D eigenvalue weighted by atomic mass is 10.3. The third kappa shape index (κ3) is 2.64. The Hall–Kier alpha value is -1.40. The summed E-state index contributed by atoms with van der Waals surface area (Å²) in [6, 6.07) is 12.4. The smallest absolute Gasteiger partial charge is 0.264 e. The van der Waals surface area contributed by atoms with Crippen LogP contribution in [0.4, 0.5) is 10.1 Å². The molecule has 0 aromatic heterocycles. The molecule has 19 heavy (non-hydrogen) atoms. The molecule has 0 amide bonds. The van der Waals surface area contributed by atoms with Crippen LogP contribution in [0.3, 0.4) is 0 Å². The van der Waals surface area contributed by atoms with Gasteiger partial charge >= 0.3 is 0 Å². The van der Waals surface area contributed by atoms with Crippen LogP contribution in [0.5, 0.6) is 0 Å². The van der Waals surface area contributed by atoms with Gasteiger partial charge in [0.05, 0.1) is 15.1 Å². The van der Waals surface area contributed by atoms with Gasteiger partial charge in [-0.05, 0) is 40.2 Å². The lowest BCUT2D eigenvalue weighted by Crippen LogP contribution is -2.27. The Morgan fingerprint density at radius 2 is 1.68 bits per heavy atom. The number of benzene rings is 2. The summed E-state index contributed by atoms with van der Waals surface area (Å²) in [7, 11) is -2.43. The highest BCUT2D eigenvalue weighted by Gasteiger charge is 2.23. The van der Waals surface area contributed by atoms with Crippen molar-refractivity contribution in [1.29, 1.82) is 0 Å². The standard InChI is InChI=1S/C13H11BrFNO2S/c1-16(12-9-5-8-11(14)13(12)15)19(17,18)10-6-3-2-4-7-10/h2-9H,1H3. The zero-order valence-electron chi connectivity index (χ0n) is 10.0. The molecule has 0 aliphatic heterocycles. The van der Waals surface area contributed by atoms with Gasteiger partial charge in [0.15, 0.2) is 5.82 Å². The predicted molar refractivity (Wildman–Crippen MR) is 76.1 cm³/mol. The summed E-state index contributed by atoms with van der Waals surface area (Å²) in [6.07, 6.45) is 0. The molecule has 0 saturated carbocycles. The van der Waals surface area contributed by atoms with Crippen molar-refractivity contribution in [2.24, 2.45) is 0 Å². The summed E-state index contributed by atoms with van der Waals surface area (Å²) in [4.78, 5) is 0.122. The second-order valence-electron chi connectivity index (χ2n) is 3.86. The zero-order valence-corrected chi connectivity index (χ0v) is 12.4. The van der Waals surface area contributed by atoms with Gasteiger partial charge in [-0.3, -0.25) is 4.31 Å². The molecule has 6 heteroatoms. The van der Waals surface area contributed by atoms with Gasteiger partial charge in [-0.25, -0.2) is 12.8 Å². The van der Waals surface area contributed by atoms with Crippen LogP contribution >= 0.6 is 15.9 Å². The first-order valence-corrected chi connectivity index (χ1v) is 7.66. The fourth-order valence-corrected chi connectivity index (χ4v) is 3.19. The SMILES string of the molecule is CN(c1cccc(Br)c1F)S(=O)(=O)c1ccccc1. The molecule has 100 valence electrons. The number of nitrogens with zero attached hydrogens (tertiary/aromatic N) is 1. The molecule has 0 N–H and O–H groups in total. The van der Waals surface area contributed by atoms with Gasteiger partial charge in [0.25, 0.3) is 10.0 Å². The summed E-state index contributed by atoms with van der Waals surface area (Å²) in [6.45, 7) is 0. The van der Waals surface area contributed by atoms with Crippen molar-refractivity contribution in [2.75, 3.05) is 11.4 Å². The molecule has 2 rings (SSSR count). The van der Waals surface area contributed by atoms with Crippen LogP contribution in [-0.2, 0) is 10.0 Å². The fourth-order valence-electron chi connectivity index (χ4n) is 1.62. The van der Waals surface area contributed by atoms with Crippen molar-refractivity contribution in [3.05, 3.63) is 58.8 Å². The maximum atomic E-state index is 13.9. The van der Waals surface area contributed by atoms with E-state index >= 15 is 0 Å². The van der Waals surface area contributed by atoms with Crippen molar-refractivity contribution in [1.82, 2.24) is 0 Å². The monoisotopic (exact) mass is 343 g/mol. The van der Waals surface area contributed by atoms with Gasteiger partial charge in [-0.1, -0.05) is 24.3 Å². The Balaban J connectivity index is 2.50. The normalized spacial score (nSPS) is 11.3. The van der Waals surface area contributed by atoms with Gasteiger partial charge in [0, 0.05) is 7.05 Å². The van der Waals surface area contributed by atoms with E-state index in [0.717, 1.165) is 4.31 Å². The van der Waals surface area contributed by atoms with Crippen molar-refractivity contribution < 1.29 is 12.8 Å². The minimum Gasteiger partial charge on any atom is -0.266 e. The lowest BCUT2D eigenvalue weighted by Gasteiger charge is -2.20. The summed E-state index contributed by atoms with van der Waals surface area (Å²) in [5, 5.41) is 0. The van der Waals surface area contributed by atoms with E-state index in [4.69, 9.17) is 0 Å². The number of halogens is 2. The first kappa shape index (κ1) is 14.0. The number of sulfonamides is 1. The van der Waals surface area contributed by atoms with E-state index in [0.29, 0.717) is 0 Å². The van der Waals surface area contributed by atoms with E-state index < -0.39 is 15.8 Å². The Morgan fingerprint density at radius 1 is 1.05 bits per heavy atom. The Labute approximate surface area is 119 Å². The van der Waals surface area contributed by atoms with E-state index in [9.17, 15) is 12.8 Å². The first-order valence-electron chi connectivity index (χ1n) is 5.42. The van der Waals surface area contributed by atoms with Gasteiger partial charge < -0.3 is 0 Å². The van der Waals surface area contributed by atoms with Gasteiger partial charge in [-0.15, -0.1) is 0 Å². The van der Waals surface area contributed by atoms with Gasteiger partial charge in [-0.2, -0.15) is 0 Å². The molecule has 0 heterocycles. The van der Waals surface area contributed by atoms with E-state index in [-0.39, 0.29) is 15.1 Å². The van der Waals surface area contributed by atoms with Crippen LogP contribution < -0.4 is 4.31 Å². The van der Waals surface area contributed by atoms with Gasteiger partial charge in [0.1, 0.15) is 0 Å². The molecule has 0 unspecified atom stereocenters. The largest absolute Gasteiger partial charge is 0.266 e. The quantitative estimate of drug-likeness (QED) is 0.856. The van der Waals surface area contributed by atoms with Crippen molar-refractivity contribution >= 4 is 31.6 Å². The topological polar surface area (TPSA) is 37.4 Å². The second-order valence-corrected chi connectivity index (χ2v) is 6.68. The van der Waals surface area contributed by atoms with E-state index in [1.807, 2.05) is 0 Å². The first-order chi connectivity index (χ1) is 8.94. The molecule has 2 aromatic carbocycles. The zero-order chi connectivity index (χ0) is 14.0.